The van der Waals surface area contributed by atoms with Crippen molar-refractivity contribution in [2.45, 2.75) is 51.6 Å². The molecule has 140 valence electrons. The smallest absolute Gasteiger partial charge is 0.190 e. The Bertz CT molecular complexity index is 764. The highest BCUT2D eigenvalue weighted by Gasteiger charge is 2.68. The lowest BCUT2D eigenvalue weighted by molar-refractivity contribution is -0.168. The Morgan fingerprint density at radius 1 is 1.27 bits per heavy atom. The van der Waals surface area contributed by atoms with Crippen LogP contribution in [0.15, 0.2) is 23.8 Å². The lowest BCUT2D eigenvalue weighted by atomic mass is 9.46. The number of aliphatic hydroxyl groups is 2. The Balaban J connectivity index is 1.76. The van der Waals surface area contributed by atoms with E-state index in [2.05, 4.69) is 0 Å². The second-order valence-corrected chi connectivity index (χ2v) is 9.02. The third-order valence-corrected chi connectivity index (χ3v) is 8.01. The molecule has 26 heavy (non-hydrogen) atoms. The third kappa shape index (κ3) is 2.01. The van der Waals surface area contributed by atoms with Crippen molar-refractivity contribution < 1.29 is 24.6 Å². The molecule has 3 saturated carbocycles. The van der Waals surface area contributed by atoms with Gasteiger partial charge in [0.25, 0.3) is 0 Å². The number of hydrogen-bond acceptors (Lipinski definition) is 5. The maximum absolute atomic E-state index is 13.3. The lowest BCUT2D eigenvalue weighted by Crippen LogP contribution is -2.60. The van der Waals surface area contributed by atoms with Gasteiger partial charge < -0.3 is 10.2 Å². The van der Waals surface area contributed by atoms with Crippen LogP contribution in [-0.2, 0) is 14.4 Å². The van der Waals surface area contributed by atoms with Gasteiger partial charge in [-0.1, -0.05) is 25.5 Å². The number of carbonyl (C=O) groups is 3. The summed E-state index contributed by atoms with van der Waals surface area (Å²) in [5.41, 5.74) is -1.86. The van der Waals surface area contributed by atoms with Crippen LogP contribution >= 0.6 is 0 Å². The van der Waals surface area contributed by atoms with Crippen LogP contribution in [0.5, 0.6) is 0 Å². The number of aliphatic hydroxyl groups excluding tert-OH is 1. The summed E-state index contributed by atoms with van der Waals surface area (Å²) in [7, 11) is 0. The zero-order chi connectivity index (χ0) is 18.9. The van der Waals surface area contributed by atoms with E-state index < -0.39 is 28.8 Å². The van der Waals surface area contributed by atoms with Gasteiger partial charge in [0.05, 0.1) is 0 Å². The fraction of sp³-hybridized carbons (Fsp3) is 0.667. The minimum absolute atomic E-state index is 0.0206. The van der Waals surface area contributed by atoms with Crippen molar-refractivity contribution in [2.75, 3.05) is 6.61 Å². The highest BCUT2D eigenvalue weighted by Crippen LogP contribution is 2.66. The Hall–Kier alpha value is -1.59. The molecule has 4 aliphatic rings. The number of rotatable bonds is 2. The Morgan fingerprint density at radius 2 is 2.00 bits per heavy atom. The lowest BCUT2D eigenvalue weighted by Gasteiger charge is -2.56. The van der Waals surface area contributed by atoms with Crippen LogP contribution in [0.3, 0.4) is 0 Å². The molecule has 5 nitrogen and oxygen atoms in total. The molecule has 0 aromatic heterocycles. The van der Waals surface area contributed by atoms with E-state index in [9.17, 15) is 24.6 Å². The minimum atomic E-state index is -1.62. The molecule has 5 heteroatoms. The molecule has 4 aliphatic carbocycles. The van der Waals surface area contributed by atoms with Crippen LogP contribution in [0, 0.1) is 28.6 Å². The van der Waals surface area contributed by atoms with E-state index in [1.165, 1.54) is 0 Å². The highest BCUT2D eigenvalue weighted by molar-refractivity contribution is 6.02. The second kappa shape index (κ2) is 5.46. The monoisotopic (exact) mass is 358 g/mol. The van der Waals surface area contributed by atoms with Gasteiger partial charge in [0.1, 0.15) is 18.0 Å². The molecule has 0 spiro atoms. The summed E-state index contributed by atoms with van der Waals surface area (Å²) in [6.07, 6.45) is 7.82. The SMILES string of the molecule is CC12C=CC(=O)C=C1CC[C@H]1C2C(=O)CC2(C)C1CCC2(O)C(=O)CO. The van der Waals surface area contributed by atoms with Gasteiger partial charge in [-0.05, 0) is 49.7 Å². The van der Waals surface area contributed by atoms with E-state index in [0.29, 0.717) is 12.8 Å². The third-order valence-electron chi connectivity index (χ3n) is 8.01. The summed E-state index contributed by atoms with van der Waals surface area (Å²) in [5, 5.41) is 20.5. The van der Waals surface area contributed by atoms with E-state index in [0.717, 1.165) is 18.4 Å². The quantitative estimate of drug-likeness (QED) is 0.785. The van der Waals surface area contributed by atoms with Crippen LogP contribution in [-0.4, -0.2) is 39.8 Å². The van der Waals surface area contributed by atoms with E-state index >= 15 is 0 Å². The first-order valence-electron chi connectivity index (χ1n) is 9.51. The normalized spacial score (nSPS) is 47.1. The van der Waals surface area contributed by atoms with Gasteiger partial charge in [0.2, 0.25) is 0 Å². The van der Waals surface area contributed by atoms with E-state index in [-0.39, 0.29) is 35.7 Å². The molecule has 0 bridgehead atoms. The van der Waals surface area contributed by atoms with Crippen molar-refractivity contribution in [2.24, 2.45) is 28.6 Å². The van der Waals surface area contributed by atoms with Gasteiger partial charge in [-0.3, -0.25) is 14.4 Å². The summed E-state index contributed by atoms with van der Waals surface area (Å²) in [6.45, 7) is 3.19. The standard InChI is InChI=1S/C21H26O5/c1-19-7-5-13(23)9-12(19)3-4-14-15-6-8-21(26,17(25)11-22)20(15,2)10-16(24)18(14)19/h5,7,9,14-15,18,22,26H,3-4,6,8,10-11H2,1-2H3/t14-,15?,18?,19?,20?,21?/m1/s1. The van der Waals surface area contributed by atoms with Gasteiger partial charge in [-0.2, -0.15) is 0 Å². The maximum Gasteiger partial charge on any atom is 0.190 e. The molecule has 0 amide bonds. The molecule has 0 aliphatic heterocycles. The number of carbonyl (C=O) groups excluding carboxylic acids is 3. The number of ketones is 3. The van der Waals surface area contributed by atoms with Crippen molar-refractivity contribution in [1.29, 1.82) is 0 Å². The van der Waals surface area contributed by atoms with Crippen LogP contribution < -0.4 is 0 Å². The fourth-order valence-corrected chi connectivity index (χ4v) is 6.62. The number of fused-ring (bicyclic) bond motifs is 5. The molecule has 4 rings (SSSR count). The highest BCUT2D eigenvalue weighted by atomic mass is 16.3. The predicted molar refractivity (Wildman–Crippen MR) is 94.0 cm³/mol. The topological polar surface area (TPSA) is 91.7 Å². The molecule has 0 saturated heterocycles. The fourth-order valence-electron chi connectivity index (χ4n) is 6.62. The average molecular weight is 358 g/mol. The van der Waals surface area contributed by atoms with Crippen LogP contribution in [0.2, 0.25) is 0 Å². The molecule has 0 radical (unpaired) electrons. The van der Waals surface area contributed by atoms with Crippen LogP contribution in [0.4, 0.5) is 0 Å². The maximum atomic E-state index is 13.3. The first-order valence-corrected chi connectivity index (χ1v) is 9.51. The Kier molecular flexibility index (Phi) is 3.74. The van der Waals surface area contributed by atoms with Crippen molar-refractivity contribution in [3.05, 3.63) is 23.8 Å². The van der Waals surface area contributed by atoms with Crippen LogP contribution in [0.25, 0.3) is 0 Å². The summed E-state index contributed by atoms with van der Waals surface area (Å²) in [6, 6.07) is 0. The van der Waals surface area contributed by atoms with E-state index in [1.807, 2.05) is 19.9 Å². The minimum Gasteiger partial charge on any atom is -0.388 e. The zero-order valence-corrected chi connectivity index (χ0v) is 15.3. The molecule has 5 unspecified atom stereocenters. The summed E-state index contributed by atoms with van der Waals surface area (Å²) in [4.78, 5) is 37.4. The summed E-state index contributed by atoms with van der Waals surface area (Å²) < 4.78 is 0. The number of hydrogen-bond donors (Lipinski definition) is 2. The molecule has 0 aromatic rings. The first kappa shape index (κ1) is 17.8. The molecule has 2 N–H and O–H groups in total. The van der Waals surface area contributed by atoms with Crippen molar-refractivity contribution in [3.63, 3.8) is 0 Å². The van der Waals surface area contributed by atoms with Crippen LogP contribution in [0.1, 0.15) is 46.0 Å². The van der Waals surface area contributed by atoms with Gasteiger partial charge in [-0.15, -0.1) is 0 Å². The summed E-state index contributed by atoms with van der Waals surface area (Å²) >= 11 is 0. The Morgan fingerprint density at radius 3 is 2.69 bits per heavy atom. The second-order valence-electron chi connectivity index (χ2n) is 9.02. The average Bonchev–Trinajstić information content (AvgIpc) is 2.86. The predicted octanol–water partition coefficient (Wildman–Crippen LogP) is 1.77. The van der Waals surface area contributed by atoms with Crippen molar-refractivity contribution in [1.82, 2.24) is 0 Å². The van der Waals surface area contributed by atoms with Gasteiger partial charge in [0.15, 0.2) is 11.6 Å². The Labute approximate surface area is 153 Å². The first-order chi connectivity index (χ1) is 12.2. The molecule has 3 fully saturated rings. The number of Topliss-reactive ketones (excluding diaryl/α,β-unsaturated/α-hetero) is 2. The van der Waals surface area contributed by atoms with Crippen molar-refractivity contribution in [3.8, 4) is 0 Å². The molecular weight excluding hydrogens is 332 g/mol. The van der Waals surface area contributed by atoms with Crippen molar-refractivity contribution >= 4 is 17.3 Å². The van der Waals surface area contributed by atoms with Gasteiger partial charge >= 0.3 is 0 Å². The molecule has 0 heterocycles. The van der Waals surface area contributed by atoms with Gasteiger partial charge in [-0.25, -0.2) is 0 Å². The van der Waals surface area contributed by atoms with E-state index in [4.69, 9.17) is 0 Å². The molecule has 6 atom stereocenters. The van der Waals surface area contributed by atoms with E-state index in [1.54, 1.807) is 12.2 Å². The molecule has 0 aromatic carbocycles. The largest absolute Gasteiger partial charge is 0.388 e. The number of allylic oxidation sites excluding steroid dienone is 4. The summed E-state index contributed by atoms with van der Waals surface area (Å²) in [5.74, 6) is -0.590. The zero-order valence-electron chi connectivity index (χ0n) is 15.3. The van der Waals surface area contributed by atoms with Gasteiger partial charge in [0, 0.05) is 23.2 Å². The molecular formula is C21H26O5.